The summed E-state index contributed by atoms with van der Waals surface area (Å²) in [5.74, 6) is -0.200. The summed E-state index contributed by atoms with van der Waals surface area (Å²) in [6, 6.07) is 15.6. The minimum atomic E-state index is -0.119. The summed E-state index contributed by atoms with van der Waals surface area (Å²) in [7, 11) is 0. The van der Waals surface area contributed by atoms with Crippen molar-refractivity contribution in [3.63, 3.8) is 0 Å². The average Bonchev–Trinajstić information content (AvgIpc) is 3.39. The molecule has 2 aromatic carbocycles. The minimum Gasteiger partial charge on any atom is -0.349 e. The zero-order chi connectivity index (χ0) is 16.9. The molecule has 0 bridgehead atoms. The summed E-state index contributed by atoms with van der Waals surface area (Å²) in [5.41, 5.74) is 3.44. The van der Waals surface area contributed by atoms with Crippen molar-refractivity contribution in [3.8, 4) is 0 Å². The second kappa shape index (κ2) is 7.30. The van der Waals surface area contributed by atoms with Gasteiger partial charge in [0.05, 0.1) is 11.3 Å². The van der Waals surface area contributed by atoms with Gasteiger partial charge < -0.3 is 10.6 Å². The molecular formula is C20H22N2O2. The van der Waals surface area contributed by atoms with Gasteiger partial charge in [-0.25, -0.2) is 0 Å². The molecule has 0 aromatic heterocycles. The van der Waals surface area contributed by atoms with Crippen LogP contribution in [0.5, 0.6) is 0 Å². The second-order valence-corrected chi connectivity index (χ2v) is 6.33. The minimum absolute atomic E-state index is 0.0813. The summed E-state index contributed by atoms with van der Waals surface area (Å²) in [6.45, 7) is 2.04. The number of aryl methyl sites for hydroxylation is 2. The van der Waals surface area contributed by atoms with Gasteiger partial charge in [-0.05, 0) is 43.9 Å². The summed E-state index contributed by atoms with van der Waals surface area (Å²) in [4.78, 5) is 24.5. The summed E-state index contributed by atoms with van der Waals surface area (Å²) < 4.78 is 0. The summed E-state index contributed by atoms with van der Waals surface area (Å²) in [6.07, 6.45) is 3.15. The van der Waals surface area contributed by atoms with Gasteiger partial charge in [0, 0.05) is 12.5 Å². The summed E-state index contributed by atoms with van der Waals surface area (Å²) >= 11 is 0. The molecule has 0 unspecified atom stereocenters. The lowest BCUT2D eigenvalue weighted by Crippen LogP contribution is -2.27. The van der Waals surface area contributed by atoms with Crippen molar-refractivity contribution in [3.05, 3.63) is 65.2 Å². The van der Waals surface area contributed by atoms with Gasteiger partial charge in [0.1, 0.15) is 0 Å². The monoisotopic (exact) mass is 322 g/mol. The van der Waals surface area contributed by atoms with E-state index in [2.05, 4.69) is 10.6 Å². The number of hydrogen-bond acceptors (Lipinski definition) is 2. The molecule has 1 aliphatic carbocycles. The fourth-order valence-electron chi connectivity index (χ4n) is 2.51. The molecule has 2 N–H and O–H groups in total. The first-order valence-electron chi connectivity index (χ1n) is 8.37. The molecule has 1 aliphatic rings. The molecular weight excluding hydrogens is 300 g/mol. The SMILES string of the molecule is Cc1ccc(CCC(=O)Nc2ccccc2C(=O)NC2CC2)cc1. The van der Waals surface area contributed by atoms with Gasteiger partial charge in [0.15, 0.2) is 0 Å². The maximum Gasteiger partial charge on any atom is 0.253 e. The first-order valence-corrected chi connectivity index (χ1v) is 8.37. The molecule has 24 heavy (non-hydrogen) atoms. The smallest absolute Gasteiger partial charge is 0.253 e. The van der Waals surface area contributed by atoms with E-state index in [1.54, 1.807) is 12.1 Å². The first-order chi connectivity index (χ1) is 11.6. The number of nitrogens with one attached hydrogen (secondary N) is 2. The van der Waals surface area contributed by atoms with Crippen LogP contribution in [-0.4, -0.2) is 17.9 Å². The van der Waals surface area contributed by atoms with E-state index in [-0.39, 0.29) is 11.8 Å². The molecule has 3 rings (SSSR count). The Morgan fingerprint density at radius 2 is 1.75 bits per heavy atom. The van der Waals surface area contributed by atoms with Crippen molar-refractivity contribution in [2.45, 2.75) is 38.6 Å². The largest absolute Gasteiger partial charge is 0.349 e. The highest BCUT2D eigenvalue weighted by Crippen LogP contribution is 2.21. The molecule has 124 valence electrons. The highest BCUT2D eigenvalue weighted by molar-refractivity contribution is 6.03. The Labute approximate surface area is 142 Å². The molecule has 2 amide bonds. The molecule has 0 saturated heterocycles. The average molecular weight is 322 g/mol. The van der Waals surface area contributed by atoms with E-state index < -0.39 is 0 Å². The Kier molecular flexibility index (Phi) is 4.94. The van der Waals surface area contributed by atoms with Crippen molar-refractivity contribution >= 4 is 17.5 Å². The zero-order valence-corrected chi connectivity index (χ0v) is 13.8. The van der Waals surface area contributed by atoms with Gasteiger partial charge in [-0.1, -0.05) is 42.0 Å². The standard InChI is InChI=1S/C20H22N2O2/c1-14-6-8-15(9-7-14)10-13-19(23)22-18-5-3-2-4-17(18)20(24)21-16-11-12-16/h2-9,16H,10-13H2,1H3,(H,21,24)(H,22,23). The molecule has 1 fully saturated rings. The topological polar surface area (TPSA) is 58.2 Å². The number of hydrogen-bond donors (Lipinski definition) is 2. The van der Waals surface area contributed by atoms with E-state index in [1.807, 2.05) is 43.3 Å². The Balaban J connectivity index is 1.59. The quantitative estimate of drug-likeness (QED) is 0.855. The van der Waals surface area contributed by atoms with Crippen LogP contribution in [0.25, 0.3) is 0 Å². The Morgan fingerprint density at radius 1 is 1.04 bits per heavy atom. The van der Waals surface area contributed by atoms with Crippen LogP contribution >= 0.6 is 0 Å². The van der Waals surface area contributed by atoms with E-state index in [1.165, 1.54) is 5.56 Å². The molecule has 4 nitrogen and oxygen atoms in total. The molecule has 0 aliphatic heterocycles. The second-order valence-electron chi connectivity index (χ2n) is 6.33. The van der Waals surface area contributed by atoms with E-state index in [4.69, 9.17) is 0 Å². The van der Waals surface area contributed by atoms with Gasteiger partial charge >= 0.3 is 0 Å². The number of para-hydroxylation sites is 1. The lowest BCUT2D eigenvalue weighted by atomic mass is 10.1. The molecule has 1 saturated carbocycles. The highest BCUT2D eigenvalue weighted by Gasteiger charge is 2.24. The van der Waals surface area contributed by atoms with Crippen molar-refractivity contribution in [1.29, 1.82) is 0 Å². The first kappa shape index (κ1) is 16.2. The summed E-state index contributed by atoms with van der Waals surface area (Å²) in [5, 5.41) is 5.82. The third-order valence-electron chi connectivity index (χ3n) is 4.12. The normalized spacial score (nSPS) is 13.4. The number of benzene rings is 2. The number of rotatable bonds is 6. The molecule has 0 heterocycles. The molecule has 0 radical (unpaired) electrons. The number of anilines is 1. The maximum atomic E-state index is 12.2. The van der Waals surface area contributed by atoms with Gasteiger partial charge in [-0.2, -0.15) is 0 Å². The van der Waals surface area contributed by atoms with Crippen molar-refractivity contribution in [1.82, 2.24) is 5.32 Å². The Hall–Kier alpha value is -2.62. The molecule has 4 heteroatoms. The van der Waals surface area contributed by atoms with Crippen LogP contribution in [0.3, 0.4) is 0 Å². The van der Waals surface area contributed by atoms with Crippen LogP contribution in [0, 0.1) is 6.92 Å². The Morgan fingerprint density at radius 3 is 2.46 bits per heavy atom. The third kappa shape index (κ3) is 4.44. The van der Waals surface area contributed by atoms with Crippen molar-refractivity contribution in [2.75, 3.05) is 5.32 Å². The Bertz CT molecular complexity index is 734. The maximum absolute atomic E-state index is 12.2. The van der Waals surface area contributed by atoms with Crippen molar-refractivity contribution < 1.29 is 9.59 Å². The van der Waals surface area contributed by atoms with Gasteiger partial charge in [-0.3, -0.25) is 9.59 Å². The number of carbonyl (C=O) groups is 2. The predicted octanol–water partition coefficient (Wildman–Crippen LogP) is 3.46. The van der Waals surface area contributed by atoms with Crippen LogP contribution in [0.2, 0.25) is 0 Å². The molecule has 2 aromatic rings. The van der Waals surface area contributed by atoms with Crippen LogP contribution < -0.4 is 10.6 Å². The fourth-order valence-corrected chi connectivity index (χ4v) is 2.51. The van der Waals surface area contributed by atoms with E-state index in [0.717, 1.165) is 18.4 Å². The molecule has 0 atom stereocenters. The van der Waals surface area contributed by atoms with Gasteiger partial charge in [0.25, 0.3) is 5.91 Å². The number of carbonyl (C=O) groups excluding carboxylic acids is 2. The van der Waals surface area contributed by atoms with Crippen LogP contribution in [-0.2, 0) is 11.2 Å². The predicted molar refractivity (Wildman–Crippen MR) is 95.1 cm³/mol. The van der Waals surface area contributed by atoms with Gasteiger partial charge in [-0.15, -0.1) is 0 Å². The fraction of sp³-hybridized carbons (Fsp3) is 0.300. The third-order valence-corrected chi connectivity index (χ3v) is 4.12. The molecule has 0 spiro atoms. The van der Waals surface area contributed by atoms with E-state index in [0.29, 0.717) is 30.1 Å². The van der Waals surface area contributed by atoms with Crippen molar-refractivity contribution in [2.24, 2.45) is 0 Å². The van der Waals surface area contributed by atoms with Gasteiger partial charge in [0.2, 0.25) is 5.91 Å². The highest BCUT2D eigenvalue weighted by atomic mass is 16.2. The van der Waals surface area contributed by atoms with E-state index >= 15 is 0 Å². The van der Waals surface area contributed by atoms with E-state index in [9.17, 15) is 9.59 Å². The number of amides is 2. The van der Waals surface area contributed by atoms with Crippen LogP contribution in [0.1, 0.15) is 40.7 Å². The van der Waals surface area contributed by atoms with Crippen LogP contribution in [0.15, 0.2) is 48.5 Å². The van der Waals surface area contributed by atoms with Crippen LogP contribution in [0.4, 0.5) is 5.69 Å². The zero-order valence-electron chi connectivity index (χ0n) is 13.8. The lowest BCUT2D eigenvalue weighted by molar-refractivity contribution is -0.116. The lowest BCUT2D eigenvalue weighted by Gasteiger charge is -2.11.